The summed E-state index contributed by atoms with van der Waals surface area (Å²) in [4.78, 5) is 19.8. The number of hydrogen-bond acceptors (Lipinski definition) is 5. The molecule has 6 rings (SSSR count). The standard InChI is InChI=1S/C31H23N2S.C5H8O2.Ir/c1-20(2)23-13-14-26-24(17-23)15-16-32-29(26)25-18-27(21-9-5-3-6-10-21)30-28(19-25)33-31(34-30)22-11-7-4-8-12-22;1-4(6)3-5(2)7;/h3-18,20H,1-2H3;3,6H,1-2H3;/q-1;;/b;4-3-;. The topological polar surface area (TPSA) is 63.1 Å². The third-order valence-electron chi connectivity index (χ3n) is 6.64. The quantitative estimate of drug-likeness (QED) is 0.108. The second-order valence-corrected chi connectivity index (χ2v) is 11.2. The predicted molar refractivity (Wildman–Crippen MR) is 171 cm³/mol. The smallest absolute Gasteiger partial charge is 0.155 e. The zero-order valence-electron chi connectivity index (χ0n) is 23.9. The number of ketones is 1. The molecule has 0 aliphatic heterocycles. The minimum Gasteiger partial charge on any atom is -0.512 e. The van der Waals surface area contributed by atoms with Crippen LogP contribution in [0.4, 0.5) is 0 Å². The number of aliphatic hydroxyl groups is 1. The van der Waals surface area contributed by atoms with Crippen LogP contribution < -0.4 is 0 Å². The molecule has 213 valence electrons. The number of benzene rings is 4. The van der Waals surface area contributed by atoms with E-state index in [-0.39, 0.29) is 31.6 Å². The number of aromatic nitrogens is 2. The molecule has 4 nitrogen and oxygen atoms in total. The minimum atomic E-state index is -0.125. The molecule has 1 N–H and O–H groups in total. The van der Waals surface area contributed by atoms with Crippen LogP contribution in [0.1, 0.15) is 39.2 Å². The molecule has 42 heavy (non-hydrogen) atoms. The Morgan fingerprint density at radius 2 is 1.57 bits per heavy atom. The molecule has 0 aliphatic carbocycles. The van der Waals surface area contributed by atoms with E-state index in [2.05, 4.69) is 105 Å². The number of aliphatic hydroxyl groups excluding tert-OH is 1. The zero-order chi connectivity index (χ0) is 28.9. The van der Waals surface area contributed by atoms with Crippen LogP contribution >= 0.6 is 11.3 Å². The minimum absolute atomic E-state index is 0. The number of hydrogen-bond donors (Lipinski definition) is 1. The molecule has 0 fully saturated rings. The first kappa shape index (κ1) is 31.0. The first-order chi connectivity index (χ1) is 19.8. The maximum Gasteiger partial charge on any atom is 0.155 e. The van der Waals surface area contributed by atoms with Crippen molar-refractivity contribution in [3.8, 4) is 33.0 Å². The number of thiazole rings is 1. The van der Waals surface area contributed by atoms with E-state index in [4.69, 9.17) is 15.1 Å². The van der Waals surface area contributed by atoms with Crippen molar-refractivity contribution in [1.82, 2.24) is 9.97 Å². The first-order valence-electron chi connectivity index (χ1n) is 13.5. The van der Waals surface area contributed by atoms with Gasteiger partial charge in [0.15, 0.2) is 5.78 Å². The van der Waals surface area contributed by atoms with E-state index in [0.29, 0.717) is 5.92 Å². The molecule has 0 aliphatic rings. The van der Waals surface area contributed by atoms with E-state index >= 15 is 0 Å². The Balaban J connectivity index is 0.000000454. The van der Waals surface area contributed by atoms with Gasteiger partial charge in [0.25, 0.3) is 0 Å². The summed E-state index contributed by atoms with van der Waals surface area (Å²) in [5.74, 6) is 0.424. The van der Waals surface area contributed by atoms with Crippen molar-refractivity contribution >= 4 is 38.1 Å². The summed E-state index contributed by atoms with van der Waals surface area (Å²) < 4.78 is 1.15. The van der Waals surface area contributed by atoms with E-state index in [9.17, 15) is 4.79 Å². The van der Waals surface area contributed by atoms with Gasteiger partial charge < -0.3 is 10.1 Å². The van der Waals surface area contributed by atoms with Crippen LogP contribution in [0, 0.1) is 6.07 Å². The van der Waals surface area contributed by atoms with Crippen molar-refractivity contribution in [2.24, 2.45) is 0 Å². The predicted octanol–water partition coefficient (Wildman–Crippen LogP) is 9.80. The molecule has 4 aromatic carbocycles. The molecule has 0 amide bonds. The summed E-state index contributed by atoms with van der Waals surface area (Å²) in [6.07, 6.45) is 3.07. The zero-order valence-corrected chi connectivity index (χ0v) is 27.1. The fraction of sp³-hybridized carbons (Fsp3) is 0.139. The molecule has 0 bridgehead atoms. The second kappa shape index (κ2) is 13.8. The number of rotatable bonds is 5. The van der Waals surface area contributed by atoms with Gasteiger partial charge in [-0.15, -0.1) is 17.7 Å². The van der Waals surface area contributed by atoms with Crippen LogP contribution in [0.3, 0.4) is 0 Å². The number of carbonyl (C=O) groups excluding carboxylic acids is 1. The molecule has 6 heteroatoms. The Hall–Kier alpha value is -3.96. The molecular weight excluding hydrogens is 717 g/mol. The van der Waals surface area contributed by atoms with Gasteiger partial charge in [-0.3, -0.25) is 9.78 Å². The average molecular weight is 748 g/mol. The molecule has 2 heterocycles. The maximum absolute atomic E-state index is 10.0. The van der Waals surface area contributed by atoms with Gasteiger partial charge in [-0.05, 0) is 63.6 Å². The van der Waals surface area contributed by atoms with Crippen LogP contribution in [0.15, 0.2) is 109 Å². The summed E-state index contributed by atoms with van der Waals surface area (Å²) in [6.45, 7) is 7.30. The summed E-state index contributed by atoms with van der Waals surface area (Å²) in [5, 5.41) is 11.7. The average Bonchev–Trinajstić information content (AvgIpc) is 3.41. The summed E-state index contributed by atoms with van der Waals surface area (Å²) >= 11 is 1.72. The molecule has 0 saturated carbocycles. The van der Waals surface area contributed by atoms with Gasteiger partial charge >= 0.3 is 0 Å². The Morgan fingerprint density at radius 3 is 2.17 bits per heavy atom. The monoisotopic (exact) mass is 748 g/mol. The van der Waals surface area contributed by atoms with Gasteiger partial charge in [-0.25, -0.2) is 0 Å². The van der Waals surface area contributed by atoms with Crippen molar-refractivity contribution in [2.45, 2.75) is 33.6 Å². The SMILES string of the molecule is CC(=O)/C=C(/C)O.CC(C)c1ccc2c(-c3[c-]c4nc(-c5ccccc5)sc4c(-c4ccccc4)c3)nccc2c1.[Ir]. The summed E-state index contributed by atoms with van der Waals surface area (Å²) in [6, 6.07) is 35.5. The Kier molecular flexibility index (Phi) is 10.2. The third kappa shape index (κ3) is 7.08. The molecule has 0 unspecified atom stereocenters. The molecule has 6 aromatic rings. The number of fused-ring (bicyclic) bond motifs is 2. The van der Waals surface area contributed by atoms with Crippen LogP contribution in [0.25, 0.3) is 53.9 Å². The van der Waals surface area contributed by atoms with E-state index in [1.165, 1.54) is 42.0 Å². The summed E-state index contributed by atoms with van der Waals surface area (Å²) in [5.41, 5.74) is 7.61. The fourth-order valence-corrected chi connectivity index (χ4v) is 5.75. The second-order valence-electron chi connectivity index (χ2n) is 10.2. The largest absolute Gasteiger partial charge is 0.512 e. The molecule has 0 atom stereocenters. The van der Waals surface area contributed by atoms with Crippen LogP contribution in [-0.4, -0.2) is 20.9 Å². The number of nitrogens with zero attached hydrogens (tertiary/aromatic N) is 2. The molecule has 0 spiro atoms. The van der Waals surface area contributed by atoms with Crippen LogP contribution in [0.5, 0.6) is 0 Å². The van der Waals surface area contributed by atoms with E-state index in [1.54, 1.807) is 11.3 Å². The third-order valence-corrected chi connectivity index (χ3v) is 7.78. The Labute approximate surface area is 264 Å². The molecule has 2 aromatic heterocycles. The number of pyridine rings is 1. The molecular formula is C36H31IrN2O2S-. The van der Waals surface area contributed by atoms with Gasteiger partial charge in [-0.1, -0.05) is 98.3 Å². The Bertz CT molecular complexity index is 1860. The van der Waals surface area contributed by atoms with Gasteiger partial charge in [0, 0.05) is 37.9 Å². The van der Waals surface area contributed by atoms with Gasteiger partial charge in [0.05, 0.1) is 5.76 Å². The number of carbonyl (C=O) groups is 1. The van der Waals surface area contributed by atoms with Crippen LogP contribution in [-0.2, 0) is 24.9 Å². The first-order valence-corrected chi connectivity index (χ1v) is 14.4. The van der Waals surface area contributed by atoms with Gasteiger partial charge in [-0.2, -0.15) is 11.3 Å². The fourth-order valence-electron chi connectivity index (χ4n) is 4.69. The maximum atomic E-state index is 10.0. The van der Waals surface area contributed by atoms with Crippen molar-refractivity contribution in [3.05, 3.63) is 121 Å². The van der Waals surface area contributed by atoms with Crippen molar-refractivity contribution in [3.63, 3.8) is 0 Å². The van der Waals surface area contributed by atoms with E-state index < -0.39 is 0 Å². The summed E-state index contributed by atoms with van der Waals surface area (Å²) in [7, 11) is 0. The molecule has 1 radical (unpaired) electrons. The van der Waals surface area contributed by atoms with Crippen LogP contribution in [0.2, 0.25) is 0 Å². The van der Waals surface area contributed by atoms with E-state index in [0.717, 1.165) is 37.4 Å². The van der Waals surface area contributed by atoms with E-state index in [1.807, 2.05) is 12.3 Å². The Morgan fingerprint density at radius 1 is 0.905 bits per heavy atom. The van der Waals surface area contributed by atoms with Gasteiger partial charge in [0.2, 0.25) is 0 Å². The van der Waals surface area contributed by atoms with Gasteiger partial charge in [0.1, 0.15) is 5.01 Å². The van der Waals surface area contributed by atoms with Crippen molar-refractivity contribution < 1.29 is 30.0 Å². The van der Waals surface area contributed by atoms with Crippen molar-refractivity contribution in [1.29, 1.82) is 0 Å². The molecule has 0 saturated heterocycles. The number of allylic oxidation sites excluding steroid dienone is 2. The van der Waals surface area contributed by atoms with Crippen molar-refractivity contribution in [2.75, 3.05) is 0 Å². The normalized spacial score (nSPS) is 11.2.